The van der Waals surface area contributed by atoms with E-state index >= 15 is 0 Å². The lowest BCUT2D eigenvalue weighted by Crippen LogP contribution is -2.35. The maximum absolute atomic E-state index is 12.5. The maximum atomic E-state index is 12.5. The second-order valence-corrected chi connectivity index (χ2v) is 7.62. The highest BCUT2D eigenvalue weighted by molar-refractivity contribution is 5.89. The van der Waals surface area contributed by atoms with Crippen LogP contribution in [0.5, 0.6) is 0 Å². The molecule has 2 aliphatic rings. The second kappa shape index (κ2) is 8.12. The highest BCUT2D eigenvalue weighted by Gasteiger charge is 2.34. The average molecular weight is 359 g/mol. The van der Waals surface area contributed by atoms with Gasteiger partial charge in [-0.1, -0.05) is 0 Å². The number of likely N-dealkylation sites (N-methyl/N-ethyl adjacent to an activating group) is 1. The van der Waals surface area contributed by atoms with Crippen molar-refractivity contribution in [2.24, 2.45) is 5.92 Å². The lowest BCUT2D eigenvalue weighted by molar-refractivity contribution is -0.129. The molecule has 26 heavy (non-hydrogen) atoms. The van der Waals surface area contributed by atoms with Gasteiger partial charge in [0.2, 0.25) is 11.8 Å². The molecule has 1 fully saturated rings. The topological polar surface area (TPSA) is 78.4 Å². The Bertz CT molecular complexity index is 689. The van der Waals surface area contributed by atoms with Crippen LogP contribution in [0, 0.1) is 12.8 Å². The smallest absolute Gasteiger partial charge is 0.225 e. The van der Waals surface area contributed by atoms with Gasteiger partial charge in [0, 0.05) is 37.4 Å². The summed E-state index contributed by atoms with van der Waals surface area (Å²) in [7, 11) is 3.95. The Kier molecular flexibility index (Phi) is 5.86. The van der Waals surface area contributed by atoms with Crippen molar-refractivity contribution in [3.8, 4) is 0 Å². The van der Waals surface area contributed by atoms with Crippen molar-refractivity contribution in [1.29, 1.82) is 0 Å². The molecule has 7 nitrogen and oxygen atoms in total. The number of aryl methyl sites for hydroxylation is 2. The van der Waals surface area contributed by atoms with Crippen molar-refractivity contribution in [3.63, 3.8) is 0 Å². The molecule has 0 unspecified atom stereocenters. The molecule has 1 atom stereocenters. The summed E-state index contributed by atoms with van der Waals surface area (Å²) in [6.07, 6.45) is 4.72. The van der Waals surface area contributed by atoms with E-state index in [-0.39, 0.29) is 17.7 Å². The van der Waals surface area contributed by atoms with Crippen LogP contribution in [0.15, 0.2) is 0 Å². The van der Waals surface area contributed by atoms with Gasteiger partial charge in [-0.05, 0) is 52.3 Å². The van der Waals surface area contributed by atoms with Crippen LogP contribution in [-0.4, -0.2) is 65.3 Å². The van der Waals surface area contributed by atoms with Gasteiger partial charge in [0.1, 0.15) is 5.82 Å². The number of fused-ring (bicyclic) bond motifs is 1. The number of carbonyl (C=O) groups excluding carboxylic acids is 2. The Morgan fingerprint density at radius 2 is 2.04 bits per heavy atom. The van der Waals surface area contributed by atoms with Gasteiger partial charge >= 0.3 is 0 Å². The zero-order chi connectivity index (χ0) is 18.7. The Balaban J connectivity index is 1.54. The molecule has 1 aliphatic carbocycles. The zero-order valence-electron chi connectivity index (χ0n) is 16.0. The summed E-state index contributed by atoms with van der Waals surface area (Å²) in [5.74, 6) is 0.381. The fraction of sp³-hybridized carbons (Fsp3) is 0.684. The third kappa shape index (κ3) is 4.38. The van der Waals surface area contributed by atoms with Gasteiger partial charge in [0.15, 0.2) is 0 Å². The molecule has 0 aromatic carbocycles. The van der Waals surface area contributed by atoms with E-state index in [4.69, 9.17) is 0 Å². The summed E-state index contributed by atoms with van der Waals surface area (Å²) in [6.45, 7) is 4.33. The molecule has 1 N–H and O–H groups in total. The number of nitrogens with zero attached hydrogens (tertiary/aromatic N) is 4. The van der Waals surface area contributed by atoms with E-state index in [2.05, 4.69) is 15.3 Å². The lowest BCUT2D eigenvalue weighted by Gasteiger charge is -2.19. The monoisotopic (exact) mass is 359 g/mol. The first-order valence-electron chi connectivity index (χ1n) is 9.49. The van der Waals surface area contributed by atoms with Crippen LogP contribution in [0.3, 0.4) is 0 Å². The summed E-state index contributed by atoms with van der Waals surface area (Å²) in [6, 6.07) is 0. The predicted octanol–water partition coefficient (Wildman–Crippen LogP) is 0.690. The van der Waals surface area contributed by atoms with Gasteiger partial charge in [-0.3, -0.25) is 9.59 Å². The summed E-state index contributed by atoms with van der Waals surface area (Å²) in [5.41, 5.74) is 3.45. The maximum Gasteiger partial charge on any atom is 0.225 e. The molecule has 1 aromatic heterocycles. The zero-order valence-corrected chi connectivity index (χ0v) is 16.0. The summed E-state index contributed by atoms with van der Waals surface area (Å²) < 4.78 is 0. The standard InChI is InChI=1S/C19H29N5O2/c1-13-15-6-4-5-7-16(15)22-17(21-13)11-20-19(26)14-10-18(25)24(12-14)9-8-23(2)3/h14H,4-12H2,1-3H3,(H,20,26)/t14-/m0/s1. The molecule has 0 spiro atoms. The molecule has 1 saturated heterocycles. The van der Waals surface area contributed by atoms with E-state index in [1.165, 1.54) is 18.4 Å². The largest absolute Gasteiger partial charge is 0.348 e. The number of hydrogen-bond acceptors (Lipinski definition) is 5. The first kappa shape index (κ1) is 18.8. The minimum absolute atomic E-state index is 0.0628. The number of likely N-dealkylation sites (tertiary alicyclic amines) is 1. The first-order valence-corrected chi connectivity index (χ1v) is 9.49. The Morgan fingerprint density at radius 3 is 2.81 bits per heavy atom. The van der Waals surface area contributed by atoms with Crippen LogP contribution in [-0.2, 0) is 29.0 Å². The van der Waals surface area contributed by atoms with Crippen molar-refractivity contribution < 1.29 is 9.59 Å². The molecule has 1 aliphatic heterocycles. The highest BCUT2D eigenvalue weighted by atomic mass is 16.2. The van der Waals surface area contributed by atoms with E-state index in [1.54, 1.807) is 4.90 Å². The van der Waals surface area contributed by atoms with E-state index < -0.39 is 0 Å². The molecule has 3 rings (SSSR count). The highest BCUT2D eigenvalue weighted by Crippen LogP contribution is 2.22. The molecule has 7 heteroatoms. The number of nitrogens with one attached hydrogen (secondary N) is 1. The van der Waals surface area contributed by atoms with Crippen molar-refractivity contribution in [2.45, 2.75) is 45.6 Å². The second-order valence-electron chi connectivity index (χ2n) is 7.62. The molecular formula is C19H29N5O2. The molecule has 2 amide bonds. The van der Waals surface area contributed by atoms with Gasteiger partial charge in [0.05, 0.1) is 12.5 Å². The Labute approximate surface area is 155 Å². The van der Waals surface area contributed by atoms with Crippen LogP contribution >= 0.6 is 0 Å². The van der Waals surface area contributed by atoms with Gasteiger partial charge in [-0.2, -0.15) is 0 Å². The average Bonchev–Trinajstić information content (AvgIpc) is 2.99. The van der Waals surface area contributed by atoms with Gasteiger partial charge in [-0.15, -0.1) is 0 Å². The fourth-order valence-electron chi connectivity index (χ4n) is 3.72. The number of carbonyl (C=O) groups is 2. The van der Waals surface area contributed by atoms with Crippen LogP contribution in [0.4, 0.5) is 0 Å². The van der Waals surface area contributed by atoms with E-state index in [9.17, 15) is 9.59 Å². The lowest BCUT2D eigenvalue weighted by atomic mass is 9.95. The van der Waals surface area contributed by atoms with Gasteiger partial charge < -0.3 is 15.1 Å². The molecule has 0 bridgehead atoms. The molecule has 0 saturated carbocycles. The summed E-state index contributed by atoms with van der Waals surface area (Å²) in [4.78, 5) is 37.6. The molecule has 142 valence electrons. The molecule has 0 radical (unpaired) electrons. The van der Waals surface area contributed by atoms with Crippen LogP contribution in [0.25, 0.3) is 0 Å². The minimum Gasteiger partial charge on any atom is -0.348 e. The van der Waals surface area contributed by atoms with Gasteiger partial charge in [0.25, 0.3) is 0 Å². The first-order chi connectivity index (χ1) is 12.4. The molecular weight excluding hydrogens is 330 g/mol. The summed E-state index contributed by atoms with van der Waals surface area (Å²) >= 11 is 0. The molecule has 2 heterocycles. The minimum atomic E-state index is -0.275. The SMILES string of the molecule is Cc1nc(CNC(=O)[C@H]2CC(=O)N(CCN(C)C)C2)nc2c1CCCC2. The normalized spacial score (nSPS) is 19.8. The Morgan fingerprint density at radius 1 is 1.27 bits per heavy atom. The van der Waals surface area contributed by atoms with Crippen molar-refractivity contribution in [3.05, 3.63) is 22.8 Å². The number of amides is 2. The van der Waals surface area contributed by atoms with Gasteiger partial charge in [-0.25, -0.2) is 9.97 Å². The third-order valence-corrected chi connectivity index (χ3v) is 5.26. The summed E-state index contributed by atoms with van der Waals surface area (Å²) in [5, 5.41) is 2.93. The fourth-order valence-corrected chi connectivity index (χ4v) is 3.72. The van der Waals surface area contributed by atoms with Crippen LogP contribution in [0.1, 0.15) is 42.0 Å². The van der Waals surface area contributed by atoms with E-state index in [0.717, 1.165) is 30.8 Å². The Hall–Kier alpha value is -2.02. The number of aromatic nitrogens is 2. The number of rotatable bonds is 6. The number of hydrogen-bond donors (Lipinski definition) is 1. The molecule has 1 aromatic rings. The third-order valence-electron chi connectivity index (χ3n) is 5.26. The van der Waals surface area contributed by atoms with E-state index in [0.29, 0.717) is 31.9 Å². The van der Waals surface area contributed by atoms with E-state index in [1.807, 2.05) is 25.9 Å². The van der Waals surface area contributed by atoms with Crippen molar-refractivity contribution >= 4 is 11.8 Å². The van der Waals surface area contributed by atoms with Crippen LogP contribution in [0.2, 0.25) is 0 Å². The van der Waals surface area contributed by atoms with Crippen LogP contribution < -0.4 is 5.32 Å². The van der Waals surface area contributed by atoms with Crippen molar-refractivity contribution in [2.75, 3.05) is 33.7 Å². The van der Waals surface area contributed by atoms with Crippen molar-refractivity contribution in [1.82, 2.24) is 25.1 Å². The predicted molar refractivity (Wildman–Crippen MR) is 98.5 cm³/mol. The quantitative estimate of drug-likeness (QED) is 0.809.